The van der Waals surface area contributed by atoms with Crippen molar-refractivity contribution in [3.8, 4) is 0 Å². The zero-order valence-corrected chi connectivity index (χ0v) is 8.77. The Morgan fingerprint density at radius 3 is 2.75 bits per heavy atom. The van der Waals surface area contributed by atoms with Crippen molar-refractivity contribution in [1.82, 2.24) is 5.32 Å². The SMILES string of the molecule is CCNC(C)C1CCCC(C)C1. The van der Waals surface area contributed by atoms with E-state index >= 15 is 0 Å². The van der Waals surface area contributed by atoms with Crippen molar-refractivity contribution in [2.45, 2.75) is 52.5 Å². The predicted octanol–water partition coefficient (Wildman–Crippen LogP) is 2.81. The summed E-state index contributed by atoms with van der Waals surface area (Å²) >= 11 is 0. The van der Waals surface area contributed by atoms with Crippen LogP contribution in [0.3, 0.4) is 0 Å². The van der Waals surface area contributed by atoms with Gasteiger partial charge >= 0.3 is 0 Å². The predicted molar refractivity (Wildman–Crippen MR) is 54.3 cm³/mol. The molecule has 72 valence electrons. The highest BCUT2D eigenvalue weighted by atomic mass is 14.9. The number of hydrogen-bond acceptors (Lipinski definition) is 1. The number of hydrogen-bond donors (Lipinski definition) is 1. The monoisotopic (exact) mass is 169 g/mol. The molecule has 12 heavy (non-hydrogen) atoms. The molecule has 0 aromatic heterocycles. The van der Waals surface area contributed by atoms with Gasteiger partial charge in [0.05, 0.1) is 0 Å². The highest BCUT2D eigenvalue weighted by Gasteiger charge is 2.22. The van der Waals surface area contributed by atoms with E-state index in [0.717, 1.165) is 24.4 Å². The van der Waals surface area contributed by atoms with Gasteiger partial charge in [0.1, 0.15) is 0 Å². The summed E-state index contributed by atoms with van der Waals surface area (Å²) in [4.78, 5) is 0. The molecule has 0 spiro atoms. The van der Waals surface area contributed by atoms with Crippen LogP contribution in [-0.4, -0.2) is 12.6 Å². The van der Waals surface area contributed by atoms with E-state index in [1.807, 2.05) is 0 Å². The second-order valence-corrected chi connectivity index (χ2v) is 4.38. The van der Waals surface area contributed by atoms with E-state index in [1.54, 1.807) is 0 Å². The van der Waals surface area contributed by atoms with Crippen LogP contribution in [0.5, 0.6) is 0 Å². The molecule has 1 saturated carbocycles. The summed E-state index contributed by atoms with van der Waals surface area (Å²) in [5.41, 5.74) is 0. The summed E-state index contributed by atoms with van der Waals surface area (Å²) in [5.74, 6) is 1.90. The lowest BCUT2D eigenvalue weighted by atomic mass is 9.79. The molecule has 1 rings (SSSR count). The average molecular weight is 169 g/mol. The van der Waals surface area contributed by atoms with Gasteiger partial charge in [0.25, 0.3) is 0 Å². The number of rotatable bonds is 3. The van der Waals surface area contributed by atoms with Gasteiger partial charge in [-0.15, -0.1) is 0 Å². The fourth-order valence-electron chi connectivity index (χ4n) is 2.42. The Hall–Kier alpha value is -0.0400. The van der Waals surface area contributed by atoms with Gasteiger partial charge in [0.15, 0.2) is 0 Å². The van der Waals surface area contributed by atoms with E-state index in [-0.39, 0.29) is 0 Å². The first-order chi connectivity index (χ1) is 5.74. The largest absolute Gasteiger partial charge is 0.314 e. The zero-order valence-electron chi connectivity index (χ0n) is 8.77. The minimum atomic E-state index is 0.734. The van der Waals surface area contributed by atoms with Crippen LogP contribution < -0.4 is 5.32 Å². The molecular formula is C11H23N. The number of nitrogens with one attached hydrogen (secondary N) is 1. The molecule has 1 heteroatoms. The van der Waals surface area contributed by atoms with E-state index in [9.17, 15) is 0 Å². The van der Waals surface area contributed by atoms with Gasteiger partial charge in [-0.05, 0) is 38.1 Å². The fraction of sp³-hybridized carbons (Fsp3) is 1.00. The molecule has 1 fully saturated rings. The Bertz CT molecular complexity index is 122. The summed E-state index contributed by atoms with van der Waals surface area (Å²) in [5, 5.41) is 3.54. The minimum absolute atomic E-state index is 0.734. The lowest BCUT2D eigenvalue weighted by Crippen LogP contribution is -2.35. The smallest absolute Gasteiger partial charge is 0.00669 e. The highest BCUT2D eigenvalue weighted by Crippen LogP contribution is 2.30. The molecule has 0 aromatic carbocycles. The van der Waals surface area contributed by atoms with Gasteiger partial charge in [-0.1, -0.05) is 26.7 Å². The van der Waals surface area contributed by atoms with E-state index in [0.29, 0.717) is 0 Å². The molecule has 1 aliphatic carbocycles. The maximum Gasteiger partial charge on any atom is 0.00669 e. The first kappa shape index (κ1) is 10.0. The van der Waals surface area contributed by atoms with Crippen LogP contribution in [0.1, 0.15) is 46.5 Å². The zero-order chi connectivity index (χ0) is 8.97. The van der Waals surface area contributed by atoms with Crippen LogP contribution >= 0.6 is 0 Å². The molecule has 1 N–H and O–H groups in total. The molecule has 3 unspecified atom stereocenters. The molecule has 0 aromatic rings. The summed E-state index contributed by atoms with van der Waals surface area (Å²) in [6.45, 7) is 8.05. The van der Waals surface area contributed by atoms with Crippen LogP contribution in [0.25, 0.3) is 0 Å². The van der Waals surface area contributed by atoms with Crippen molar-refractivity contribution in [1.29, 1.82) is 0 Å². The van der Waals surface area contributed by atoms with Crippen molar-refractivity contribution in [3.63, 3.8) is 0 Å². The normalized spacial score (nSPS) is 33.2. The lowest BCUT2D eigenvalue weighted by Gasteiger charge is -2.31. The second kappa shape index (κ2) is 4.86. The van der Waals surface area contributed by atoms with Crippen molar-refractivity contribution >= 4 is 0 Å². The van der Waals surface area contributed by atoms with Gasteiger partial charge in [-0.2, -0.15) is 0 Å². The molecule has 1 aliphatic rings. The van der Waals surface area contributed by atoms with Gasteiger partial charge in [0, 0.05) is 6.04 Å². The molecule has 1 nitrogen and oxygen atoms in total. The quantitative estimate of drug-likeness (QED) is 0.685. The Kier molecular flexibility index (Phi) is 4.07. The van der Waals surface area contributed by atoms with Crippen LogP contribution in [0.4, 0.5) is 0 Å². The van der Waals surface area contributed by atoms with Crippen LogP contribution in [0, 0.1) is 11.8 Å². The molecule has 0 amide bonds. The lowest BCUT2D eigenvalue weighted by molar-refractivity contribution is 0.233. The van der Waals surface area contributed by atoms with Gasteiger partial charge < -0.3 is 5.32 Å². The van der Waals surface area contributed by atoms with Crippen molar-refractivity contribution in [2.24, 2.45) is 11.8 Å². The molecular weight excluding hydrogens is 146 g/mol. The fourth-order valence-corrected chi connectivity index (χ4v) is 2.42. The summed E-state index contributed by atoms with van der Waals surface area (Å²) < 4.78 is 0. The van der Waals surface area contributed by atoms with E-state index in [1.165, 1.54) is 25.7 Å². The van der Waals surface area contributed by atoms with E-state index < -0.39 is 0 Å². The van der Waals surface area contributed by atoms with Crippen molar-refractivity contribution in [3.05, 3.63) is 0 Å². The van der Waals surface area contributed by atoms with Crippen molar-refractivity contribution in [2.75, 3.05) is 6.54 Å². The molecule has 0 aliphatic heterocycles. The summed E-state index contributed by atoms with van der Waals surface area (Å²) in [7, 11) is 0. The van der Waals surface area contributed by atoms with Gasteiger partial charge in [-0.25, -0.2) is 0 Å². The Balaban J connectivity index is 2.29. The van der Waals surface area contributed by atoms with Crippen LogP contribution in [-0.2, 0) is 0 Å². The summed E-state index contributed by atoms with van der Waals surface area (Å²) in [6.07, 6.45) is 5.78. The van der Waals surface area contributed by atoms with Crippen molar-refractivity contribution < 1.29 is 0 Å². The molecule has 0 radical (unpaired) electrons. The third kappa shape index (κ3) is 2.78. The van der Waals surface area contributed by atoms with E-state index in [2.05, 4.69) is 26.1 Å². The second-order valence-electron chi connectivity index (χ2n) is 4.38. The standard InChI is InChI=1S/C11H23N/c1-4-12-10(3)11-7-5-6-9(2)8-11/h9-12H,4-8H2,1-3H3. The minimum Gasteiger partial charge on any atom is -0.314 e. The Morgan fingerprint density at radius 1 is 1.42 bits per heavy atom. The first-order valence-corrected chi connectivity index (χ1v) is 5.47. The third-order valence-electron chi connectivity index (χ3n) is 3.21. The molecule has 0 heterocycles. The van der Waals surface area contributed by atoms with Gasteiger partial charge in [-0.3, -0.25) is 0 Å². The molecule has 3 atom stereocenters. The molecule has 0 bridgehead atoms. The van der Waals surface area contributed by atoms with Crippen LogP contribution in [0.2, 0.25) is 0 Å². The maximum absolute atomic E-state index is 3.54. The van der Waals surface area contributed by atoms with Crippen LogP contribution in [0.15, 0.2) is 0 Å². The Labute approximate surface area is 76.9 Å². The average Bonchev–Trinajstić information content (AvgIpc) is 2.05. The highest BCUT2D eigenvalue weighted by molar-refractivity contribution is 4.77. The maximum atomic E-state index is 3.54. The van der Waals surface area contributed by atoms with Gasteiger partial charge in [0.2, 0.25) is 0 Å². The molecule has 0 saturated heterocycles. The first-order valence-electron chi connectivity index (χ1n) is 5.47. The summed E-state index contributed by atoms with van der Waals surface area (Å²) in [6, 6.07) is 0.734. The van der Waals surface area contributed by atoms with E-state index in [4.69, 9.17) is 0 Å². The third-order valence-corrected chi connectivity index (χ3v) is 3.21. The topological polar surface area (TPSA) is 12.0 Å². The Morgan fingerprint density at radius 2 is 2.17 bits per heavy atom.